The molecule has 0 aliphatic rings. The van der Waals surface area contributed by atoms with E-state index in [4.69, 9.17) is 18.9 Å². The fourth-order valence-corrected chi connectivity index (χ4v) is 1.38. The number of methoxy groups -OCH3 is 1. The predicted octanol–water partition coefficient (Wildman–Crippen LogP) is 0.0942. The first-order chi connectivity index (χ1) is 11.1. The number of carbonyl (C=O) groups is 2. The normalized spacial score (nSPS) is 10.6. The molecule has 0 unspecified atom stereocenters. The lowest BCUT2D eigenvalue weighted by Gasteiger charge is -2.14. The van der Waals surface area contributed by atoms with Crippen LogP contribution in [0.3, 0.4) is 0 Å². The van der Waals surface area contributed by atoms with E-state index in [9.17, 15) is 9.59 Å². The van der Waals surface area contributed by atoms with Crippen LogP contribution in [-0.2, 0) is 33.3 Å². The molecule has 23 heavy (non-hydrogen) atoms. The van der Waals surface area contributed by atoms with Crippen molar-refractivity contribution in [3.05, 3.63) is 0 Å². The molecule has 0 saturated heterocycles. The van der Waals surface area contributed by atoms with Crippen LogP contribution in [-0.4, -0.2) is 90.3 Å². The molecular formula is C15H29NO7. The van der Waals surface area contributed by atoms with Crippen LogP contribution in [0.15, 0.2) is 0 Å². The van der Waals surface area contributed by atoms with E-state index in [1.165, 1.54) is 14.0 Å². The molecule has 8 heteroatoms. The molecule has 136 valence electrons. The average molecular weight is 335 g/mol. The maximum absolute atomic E-state index is 10.9. The molecule has 0 aromatic carbocycles. The van der Waals surface area contributed by atoms with E-state index in [1.54, 1.807) is 11.9 Å². The smallest absolute Gasteiger partial charge is 0.307 e. The van der Waals surface area contributed by atoms with Gasteiger partial charge in [0.2, 0.25) is 5.91 Å². The van der Waals surface area contributed by atoms with Crippen molar-refractivity contribution in [2.75, 3.05) is 73.6 Å². The van der Waals surface area contributed by atoms with Gasteiger partial charge in [-0.3, -0.25) is 9.59 Å². The molecule has 0 saturated carbocycles. The summed E-state index contributed by atoms with van der Waals surface area (Å²) < 4.78 is 25.7. The lowest BCUT2D eigenvalue weighted by atomic mass is 10.5. The van der Waals surface area contributed by atoms with Crippen LogP contribution >= 0.6 is 0 Å². The minimum atomic E-state index is -0.283. The first kappa shape index (κ1) is 21.8. The highest BCUT2D eigenvalue weighted by atomic mass is 16.6. The van der Waals surface area contributed by atoms with E-state index >= 15 is 0 Å². The second-order valence-corrected chi connectivity index (χ2v) is 4.72. The van der Waals surface area contributed by atoms with E-state index in [-0.39, 0.29) is 18.3 Å². The predicted molar refractivity (Wildman–Crippen MR) is 83.2 cm³/mol. The number of esters is 1. The second-order valence-electron chi connectivity index (χ2n) is 4.72. The summed E-state index contributed by atoms with van der Waals surface area (Å²) in [5, 5.41) is 0. The van der Waals surface area contributed by atoms with E-state index in [2.05, 4.69) is 4.74 Å². The molecule has 0 fully saturated rings. The summed E-state index contributed by atoms with van der Waals surface area (Å²) in [7, 11) is 3.08. The van der Waals surface area contributed by atoms with Gasteiger partial charge in [0.15, 0.2) is 0 Å². The Labute approximate surface area is 137 Å². The molecule has 0 atom stereocenters. The fourth-order valence-electron chi connectivity index (χ4n) is 1.38. The zero-order valence-corrected chi connectivity index (χ0v) is 14.4. The quantitative estimate of drug-likeness (QED) is 0.310. The maximum Gasteiger partial charge on any atom is 0.307 e. The molecule has 0 heterocycles. The third kappa shape index (κ3) is 15.4. The molecule has 0 aliphatic carbocycles. The van der Waals surface area contributed by atoms with E-state index in [0.29, 0.717) is 59.4 Å². The Morgan fingerprint density at radius 1 is 0.783 bits per heavy atom. The number of hydrogen-bond donors (Lipinski definition) is 0. The van der Waals surface area contributed by atoms with Gasteiger partial charge >= 0.3 is 5.97 Å². The molecule has 0 bridgehead atoms. The molecule has 0 rings (SSSR count). The number of carbonyl (C=O) groups excluding carboxylic acids is 2. The highest BCUT2D eigenvalue weighted by molar-refractivity contribution is 5.72. The van der Waals surface area contributed by atoms with Gasteiger partial charge in [0.25, 0.3) is 0 Å². The number of rotatable bonds is 15. The van der Waals surface area contributed by atoms with Crippen LogP contribution in [0.25, 0.3) is 0 Å². The van der Waals surface area contributed by atoms with E-state index < -0.39 is 0 Å². The zero-order valence-electron chi connectivity index (χ0n) is 14.4. The molecule has 1 amide bonds. The Hall–Kier alpha value is -1.22. The summed E-state index contributed by atoms with van der Waals surface area (Å²) in [5.74, 6) is -0.259. The summed E-state index contributed by atoms with van der Waals surface area (Å²) in [6, 6.07) is 0. The third-order valence-corrected chi connectivity index (χ3v) is 2.90. The number of nitrogens with zero attached hydrogens (tertiary/aromatic N) is 1. The highest BCUT2D eigenvalue weighted by Crippen LogP contribution is 1.88. The van der Waals surface area contributed by atoms with Gasteiger partial charge < -0.3 is 28.6 Å². The number of amides is 1. The van der Waals surface area contributed by atoms with Crippen molar-refractivity contribution < 1.29 is 33.3 Å². The second kappa shape index (κ2) is 15.7. The van der Waals surface area contributed by atoms with Crippen molar-refractivity contribution in [2.24, 2.45) is 0 Å². The minimum Gasteiger partial charge on any atom is -0.469 e. The van der Waals surface area contributed by atoms with Gasteiger partial charge in [-0.1, -0.05) is 0 Å². The van der Waals surface area contributed by atoms with Crippen molar-refractivity contribution >= 4 is 11.9 Å². The Morgan fingerprint density at radius 3 is 1.65 bits per heavy atom. The van der Waals surface area contributed by atoms with Gasteiger partial charge in [0, 0.05) is 20.5 Å². The molecule has 0 aliphatic heterocycles. The van der Waals surface area contributed by atoms with Gasteiger partial charge in [0.1, 0.15) is 0 Å². The van der Waals surface area contributed by atoms with E-state index in [0.717, 1.165) is 0 Å². The molecule has 0 N–H and O–H groups in total. The largest absolute Gasteiger partial charge is 0.469 e. The fraction of sp³-hybridized carbons (Fsp3) is 0.867. The van der Waals surface area contributed by atoms with Gasteiger partial charge in [-0.2, -0.15) is 0 Å². The summed E-state index contributed by atoms with van der Waals surface area (Å²) in [6.45, 7) is 5.77. The first-order valence-electron chi connectivity index (χ1n) is 7.67. The standard InChI is InChI=1S/C15H29NO7/c1-14(17)16(2)5-7-21-9-11-23-13-12-22-10-8-20-6-4-15(18)19-3/h4-13H2,1-3H3. The Bertz CT molecular complexity index is 312. The van der Waals surface area contributed by atoms with Crippen molar-refractivity contribution in [2.45, 2.75) is 13.3 Å². The topological polar surface area (TPSA) is 83.5 Å². The monoisotopic (exact) mass is 335 g/mol. The molecule has 0 aromatic rings. The molecule has 0 aromatic heterocycles. The third-order valence-electron chi connectivity index (χ3n) is 2.90. The van der Waals surface area contributed by atoms with Crippen LogP contribution in [0, 0.1) is 0 Å². The summed E-state index contributed by atoms with van der Waals surface area (Å²) in [4.78, 5) is 23.3. The number of likely N-dealkylation sites (N-methyl/N-ethyl adjacent to an activating group) is 1. The number of hydrogen-bond acceptors (Lipinski definition) is 7. The zero-order chi connectivity index (χ0) is 17.3. The van der Waals surface area contributed by atoms with Crippen molar-refractivity contribution in [3.63, 3.8) is 0 Å². The lowest BCUT2D eigenvalue weighted by molar-refractivity contribution is -0.142. The minimum absolute atomic E-state index is 0.0243. The first-order valence-corrected chi connectivity index (χ1v) is 7.67. The van der Waals surface area contributed by atoms with Crippen molar-refractivity contribution in [1.82, 2.24) is 4.90 Å². The summed E-state index contributed by atoms with van der Waals surface area (Å²) >= 11 is 0. The van der Waals surface area contributed by atoms with Crippen LogP contribution < -0.4 is 0 Å². The van der Waals surface area contributed by atoms with Gasteiger partial charge in [-0.05, 0) is 0 Å². The Morgan fingerprint density at radius 2 is 1.22 bits per heavy atom. The van der Waals surface area contributed by atoms with Crippen LogP contribution in [0.1, 0.15) is 13.3 Å². The molecule has 0 spiro atoms. The summed E-state index contributed by atoms with van der Waals surface area (Å²) in [6.07, 6.45) is 0.252. The SMILES string of the molecule is COC(=O)CCOCCOCCOCCOCCN(C)C(C)=O. The molecule has 0 radical (unpaired) electrons. The van der Waals surface area contributed by atoms with E-state index in [1.807, 2.05) is 0 Å². The van der Waals surface area contributed by atoms with Crippen LogP contribution in [0.2, 0.25) is 0 Å². The van der Waals surface area contributed by atoms with Gasteiger partial charge in [-0.25, -0.2) is 0 Å². The highest BCUT2D eigenvalue weighted by Gasteiger charge is 2.01. The van der Waals surface area contributed by atoms with Crippen LogP contribution in [0.4, 0.5) is 0 Å². The van der Waals surface area contributed by atoms with Crippen LogP contribution in [0.5, 0.6) is 0 Å². The van der Waals surface area contributed by atoms with Gasteiger partial charge in [0.05, 0.1) is 66.4 Å². The molecular weight excluding hydrogens is 306 g/mol. The summed E-state index contributed by atoms with van der Waals surface area (Å²) in [5.41, 5.74) is 0. The Balaban J connectivity index is 3.11. The molecule has 8 nitrogen and oxygen atoms in total. The van der Waals surface area contributed by atoms with Crippen molar-refractivity contribution in [1.29, 1.82) is 0 Å². The maximum atomic E-state index is 10.9. The number of ether oxygens (including phenoxy) is 5. The average Bonchev–Trinajstić information content (AvgIpc) is 2.54. The van der Waals surface area contributed by atoms with Crippen molar-refractivity contribution in [3.8, 4) is 0 Å². The lowest BCUT2D eigenvalue weighted by Crippen LogP contribution is -2.28. The van der Waals surface area contributed by atoms with Gasteiger partial charge in [-0.15, -0.1) is 0 Å². The Kier molecular flexibility index (Phi) is 14.8.